The third-order valence-electron chi connectivity index (χ3n) is 2.69. The molecule has 4 nitrogen and oxygen atoms in total. The SMILES string of the molecule is Cc1csc(C(C)Nc2cc(N)cc(OC(C)C)c2)n1. The van der Waals surface area contributed by atoms with Crippen molar-refractivity contribution < 1.29 is 4.74 Å². The molecule has 2 aromatic rings. The molecule has 0 spiro atoms. The Labute approximate surface area is 124 Å². The number of nitrogens with one attached hydrogen (secondary N) is 1. The van der Waals surface area contributed by atoms with Crippen molar-refractivity contribution in [2.75, 3.05) is 11.1 Å². The fourth-order valence-corrected chi connectivity index (χ4v) is 2.73. The zero-order valence-electron chi connectivity index (χ0n) is 12.3. The van der Waals surface area contributed by atoms with Crippen LogP contribution in [0.1, 0.15) is 37.5 Å². The standard InChI is InChI=1S/C15H21N3OS/c1-9(2)19-14-6-12(16)5-13(7-14)18-11(4)15-17-10(3)8-20-15/h5-9,11,18H,16H2,1-4H3. The number of nitrogens with zero attached hydrogens (tertiary/aromatic N) is 1. The van der Waals surface area contributed by atoms with E-state index in [-0.39, 0.29) is 12.1 Å². The van der Waals surface area contributed by atoms with Crippen LogP contribution in [0, 0.1) is 6.92 Å². The van der Waals surface area contributed by atoms with Crippen molar-refractivity contribution in [2.24, 2.45) is 0 Å². The van der Waals surface area contributed by atoms with Gasteiger partial charge in [-0.25, -0.2) is 4.98 Å². The van der Waals surface area contributed by atoms with Gasteiger partial charge in [0.25, 0.3) is 0 Å². The Morgan fingerprint density at radius 2 is 2.00 bits per heavy atom. The lowest BCUT2D eigenvalue weighted by Gasteiger charge is -2.16. The van der Waals surface area contributed by atoms with Crippen LogP contribution in [0.5, 0.6) is 5.75 Å². The Morgan fingerprint density at radius 3 is 2.60 bits per heavy atom. The van der Waals surface area contributed by atoms with Gasteiger partial charge in [0.2, 0.25) is 0 Å². The van der Waals surface area contributed by atoms with E-state index in [1.807, 2.05) is 39.0 Å². The second-order valence-corrected chi connectivity index (χ2v) is 6.04. The molecule has 0 fully saturated rings. The van der Waals surface area contributed by atoms with Crippen LogP contribution in [0.25, 0.3) is 0 Å². The first-order valence-electron chi connectivity index (χ1n) is 6.70. The number of nitrogen functional groups attached to an aromatic ring is 1. The summed E-state index contributed by atoms with van der Waals surface area (Å²) >= 11 is 1.66. The molecule has 1 heterocycles. The van der Waals surface area contributed by atoms with Crippen LogP contribution in [-0.4, -0.2) is 11.1 Å². The van der Waals surface area contributed by atoms with E-state index >= 15 is 0 Å². The van der Waals surface area contributed by atoms with E-state index in [0.717, 1.165) is 22.1 Å². The fourth-order valence-electron chi connectivity index (χ4n) is 1.93. The average molecular weight is 291 g/mol. The summed E-state index contributed by atoms with van der Waals surface area (Å²) in [5, 5.41) is 6.54. The Hall–Kier alpha value is -1.75. The van der Waals surface area contributed by atoms with Crippen molar-refractivity contribution in [3.8, 4) is 5.75 Å². The Morgan fingerprint density at radius 1 is 1.25 bits per heavy atom. The first-order valence-corrected chi connectivity index (χ1v) is 7.58. The lowest BCUT2D eigenvalue weighted by molar-refractivity contribution is 0.242. The van der Waals surface area contributed by atoms with Crippen LogP contribution < -0.4 is 15.8 Å². The molecule has 0 amide bonds. The van der Waals surface area contributed by atoms with Crippen LogP contribution in [0.2, 0.25) is 0 Å². The van der Waals surface area contributed by atoms with Crippen LogP contribution in [0.4, 0.5) is 11.4 Å². The van der Waals surface area contributed by atoms with Crippen molar-refractivity contribution in [3.63, 3.8) is 0 Å². The highest BCUT2D eigenvalue weighted by atomic mass is 32.1. The van der Waals surface area contributed by atoms with Crippen molar-refractivity contribution in [1.29, 1.82) is 0 Å². The van der Waals surface area contributed by atoms with Gasteiger partial charge in [0.05, 0.1) is 12.1 Å². The van der Waals surface area contributed by atoms with Gasteiger partial charge < -0.3 is 15.8 Å². The number of hydrogen-bond donors (Lipinski definition) is 2. The third-order valence-corrected chi connectivity index (χ3v) is 3.84. The van der Waals surface area contributed by atoms with E-state index in [2.05, 4.69) is 22.6 Å². The van der Waals surface area contributed by atoms with E-state index in [0.29, 0.717) is 5.69 Å². The maximum absolute atomic E-state index is 5.92. The maximum atomic E-state index is 5.92. The van der Waals surface area contributed by atoms with Crippen molar-refractivity contribution in [1.82, 2.24) is 4.98 Å². The van der Waals surface area contributed by atoms with Gasteiger partial charge >= 0.3 is 0 Å². The van der Waals surface area contributed by atoms with Gasteiger partial charge in [-0.3, -0.25) is 0 Å². The molecule has 0 saturated heterocycles. The Balaban J connectivity index is 2.14. The molecule has 20 heavy (non-hydrogen) atoms. The molecule has 2 rings (SSSR count). The van der Waals surface area contributed by atoms with E-state index in [4.69, 9.17) is 10.5 Å². The molecular formula is C15H21N3OS. The molecule has 0 saturated carbocycles. The average Bonchev–Trinajstić information content (AvgIpc) is 2.74. The molecule has 1 atom stereocenters. The zero-order chi connectivity index (χ0) is 14.7. The highest BCUT2D eigenvalue weighted by Gasteiger charge is 2.10. The predicted octanol–water partition coefficient (Wildman–Crippen LogP) is 3.99. The number of thiazole rings is 1. The molecule has 0 bridgehead atoms. The molecule has 0 aliphatic rings. The highest BCUT2D eigenvalue weighted by Crippen LogP contribution is 2.27. The number of benzene rings is 1. The summed E-state index contributed by atoms with van der Waals surface area (Å²) in [6, 6.07) is 5.85. The summed E-state index contributed by atoms with van der Waals surface area (Å²) in [7, 11) is 0. The second kappa shape index (κ2) is 6.13. The smallest absolute Gasteiger partial charge is 0.123 e. The van der Waals surface area contributed by atoms with Gasteiger partial charge in [-0.2, -0.15) is 0 Å². The lowest BCUT2D eigenvalue weighted by atomic mass is 10.2. The number of nitrogens with two attached hydrogens (primary N) is 1. The van der Waals surface area contributed by atoms with Gasteiger partial charge in [-0.1, -0.05) is 0 Å². The zero-order valence-corrected chi connectivity index (χ0v) is 13.1. The van der Waals surface area contributed by atoms with Crippen LogP contribution in [0.3, 0.4) is 0 Å². The number of rotatable bonds is 5. The summed E-state index contributed by atoms with van der Waals surface area (Å²) in [5.74, 6) is 0.782. The minimum Gasteiger partial charge on any atom is -0.491 e. The molecule has 1 aromatic heterocycles. The number of anilines is 2. The lowest BCUT2D eigenvalue weighted by Crippen LogP contribution is -2.09. The molecule has 1 unspecified atom stereocenters. The molecule has 0 radical (unpaired) electrons. The van der Waals surface area contributed by atoms with E-state index in [1.165, 1.54) is 0 Å². The molecular weight excluding hydrogens is 270 g/mol. The first-order chi connectivity index (χ1) is 9.44. The van der Waals surface area contributed by atoms with Crippen molar-refractivity contribution in [2.45, 2.75) is 39.8 Å². The monoisotopic (exact) mass is 291 g/mol. The largest absolute Gasteiger partial charge is 0.491 e. The summed E-state index contributed by atoms with van der Waals surface area (Å²) in [6.45, 7) is 8.08. The van der Waals surface area contributed by atoms with Crippen LogP contribution in [-0.2, 0) is 0 Å². The number of hydrogen-bond acceptors (Lipinski definition) is 5. The fraction of sp³-hybridized carbons (Fsp3) is 0.400. The minimum absolute atomic E-state index is 0.128. The molecule has 1 aromatic carbocycles. The van der Waals surface area contributed by atoms with Crippen molar-refractivity contribution in [3.05, 3.63) is 34.3 Å². The number of ether oxygens (including phenoxy) is 1. The summed E-state index contributed by atoms with van der Waals surface area (Å²) in [5.41, 5.74) is 8.61. The summed E-state index contributed by atoms with van der Waals surface area (Å²) < 4.78 is 5.69. The summed E-state index contributed by atoms with van der Waals surface area (Å²) in [4.78, 5) is 4.49. The van der Waals surface area contributed by atoms with Gasteiger partial charge in [-0.05, 0) is 33.8 Å². The third kappa shape index (κ3) is 3.87. The van der Waals surface area contributed by atoms with Crippen molar-refractivity contribution >= 4 is 22.7 Å². The Bertz CT molecular complexity index is 580. The Kier molecular flexibility index (Phi) is 4.49. The molecule has 3 N–H and O–H groups in total. The predicted molar refractivity (Wildman–Crippen MR) is 85.5 cm³/mol. The number of aryl methyl sites for hydroxylation is 1. The quantitative estimate of drug-likeness (QED) is 0.818. The van der Waals surface area contributed by atoms with E-state index < -0.39 is 0 Å². The maximum Gasteiger partial charge on any atom is 0.123 e. The number of aromatic nitrogens is 1. The van der Waals surface area contributed by atoms with Crippen LogP contribution in [0.15, 0.2) is 23.6 Å². The van der Waals surface area contributed by atoms with E-state index in [1.54, 1.807) is 11.3 Å². The van der Waals surface area contributed by atoms with Crippen LogP contribution >= 0.6 is 11.3 Å². The van der Waals surface area contributed by atoms with Gasteiger partial charge in [0.15, 0.2) is 0 Å². The highest BCUT2D eigenvalue weighted by molar-refractivity contribution is 7.09. The molecule has 108 valence electrons. The van der Waals surface area contributed by atoms with Gasteiger partial charge in [-0.15, -0.1) is 11.3 Å². The molecule has 0 aliphatic heterocycles. The first kappa shape index (κ1) is 14.7. The van der Waals surface area contributed by atoms with E-state index in [9.17, 15) is 0 Å². The molecule has 0 aliphatic carbocycles. The van der Waals surface area contributed by atoms with Gasteiger partial charge in [0.1, 0.15) is 10.8 Å². The van der Waals surface area contributed by atoms with Gasteiger partial charge in [0, 0.05) is 34.6 Å². The summed E-state index contributed by atoms with van der Waals surface area (Å²) in [6.07, 6.45) is 0.128. The normalized spacial score (nSPS) is 12.4. The minimum atomic E-state index is 0.128. The second-order valence-electron chi connectivity index (χ2n) is 5.15. The molecule has 5 heteroatoms. The topological polar surface area (TPSA) is 60.2 Å².